The van der Waals surface area contributed by atoms with Crippen LogP contribution in [-0.4, -0.2) is 18.2 Å². The first-order chi connectivity index (χ1) is 13.0. The molecule has 6 heteroatoms. The van der Waals surface area contributed by atoms with E-state index in [1.807, 2.05) is 31.2 Å². The molecule has 0 spiro atoms. The quantitative estimate of drug-likeness (QED) is 0.780. The lowest BCUT2D eigenvalue weighted by Gasteiger charge is -2.29. The molecule has 0 aliphatic heterocycles. The molecule has 0 heterocycles. The summed E-state index contributed by atoms with van der Waals surface area (Å²) in [6, 6.07) is 11.3. The molecule has 2 N–H and O–H groups in total. The van der Waals surface area contributed by atoms with Gasteiger partial charge in [-0.15, -0.1) is 0 Å². The van der Waals surface area contributed by atoms with Gasteiger partial charge in [0.15, 0.2) is 0 Å². The summed E-state index contributed by atoms with van der Waals surface area (Å²) < 4.78 is 33.0. The normalized spacial score (nSPS) is 19.5. The number of rotatable bonds is 5. The molecule has 3 rings (SSSR count). The Kier molecular flexibility index (Phi) is 6.40. The Labute approximate surface area is 157 Å². The number of hydrogen-bond donors (Lipinski definition) is 2. The van der Waals surface area contributed by atoms with Gasteiger partial charge in [0, 0.05) is 17.3 Å². The Bertz CT molecular complexity index is 769. The average Bonchev–Trinajstić information content (AvgIpc) is 2.64. The number of nitrogens with one attached hydrogen (secondary N) is 2. The first-order valence-corrected chi connectivity index (χ1v) is 9.20. The predicted octanol–water partition coefficient (Wildman–Crippen LogP) is 4.92. The Morgan fingerprint density at radius 1 is 1.04 bits per heavy atom. The molecule has 0 saturated heterocycles. The summed E-state index contributed by atoms with van der Waals surface area (Å²) in [6.07, 6.45) is 2.97. The van der Waals surface area contributed by atoms with E-state index < -0.39 is 11.6 Å². The van der Waals surface area contributed by atoms with Crippen LogP contribution in [-0.2, 0) is 11.3 Å². The van der Waals surface area contributed by atoms with E-state index in [-0.39, 0.29) is 30.3 Å². The molecule has 144 valence electrons. The van der Waals surface area contributed by atoms with Gasteiger partial charge in [0.25, 0.3) is 0 Å². The minimum absolute atomic E-state index is 0.0321. The van der Waals surface area contributed by atoms with Crippen LogP contribution in [0.25, 0.3) is 0 Å². The molecule has 1 aliphatic rings. The van der Waals surface area contributed by atoms with Gasteiger partial charge in [-0.2, -0.15) is 0 Å². The fourth-order valence-electron chi connectivity index (χ4n) is 3.30. The van der Waals surface area contributed by atoms with Crippen molar-refractivity contribution in [2.24, 2.45) is 0 Å². The molecule has 4 nitrogen and oxygen atoms in total. The monoisotopic (exact) mass is 374 g/mol. The highest BCUT2D eigenvalue weighted by atomic mass is 19.1. The maximum Gasteiger partial charge on any atom is 0.319 e. The van der Waals surface area contributed by atoms with Gasteiger partial charge in [-0.25, -0.2) is 13.6 Å². The summed E-state index contributed by atoms with van der Waals surface area (Å²) in [4.78, 5) is 12.2. The zero-order valence-corrected chi connectivity index (χ0v) is 15.3. The molecule has 0 bridgehead atoms. The standard InChI is InChI=1S/C21H24F2N2O2/c1-14-5-2-3-8-20(14)25-21(26)24-15-9-11-16(12-10-15)27-13-17-18(22)6-4-7-19(17)23/h2-8,15-16H,9-13H2,1H3,(H2,24,25,26). The van der Waals surface area contributed by atoms with Gasteiger partial charge in [0.2, 0.25) is 0 Å². The summed E-state index contributed by atoms with van der Waals surface area (Å²) >= 11 is 0. The third kappa shape index (κ3) is 5.26. The third-order valence-corrected chi connectivity index (χ3v) is 4.93. The third-order valence-electron chi connectivity index (χ3n) is 4.93. The highest BCUT2D eigenvalue weighted by Crippen LogP contribution is 2.24. The van der Waals surface area contributed by atoms with Gasteiger partial charge < -0.3 is 15.4 Å². The van der Waals surface area contributed by atoms with Gasteiger partial charge in [0.1, 0.15) is 11.6 Å². The minimum atomic E-state index is -0.585. The van der Waals surface area contributed by atoms with E-state index in [0.717, 1.165) is 36.9 Å². The van der Waals surface area contributed by atoms with E-state index in [9.17, 15) is 13.6 Å². The van der Waals surface area contributed by atoms with E-state index in [4.69, 9.17) is 4.74 Å². The fraction of sp³-hybridized carbons (Fsp3) is 0.381. The van der Waals surface area contributed by atoms with Gasteiger partial charge in [-0.1, -0.05) is 24.3 Å². The lowest BCUT2D eigenvalue weighted by atomic mass is 9.93. The highest BCUT2D eigenvalue weighted by Gasteiger charge is 2.23. The van der Waals surface area contributed by atoms with Crippen LogP contribution in [0.4, 0.5) is 19.3 Å². The minimum Gasteiger partial charge on any atom is -0.373 e. The van der Waals surface area contributed by atoms with Crippen molar-refractivity contribution >= 4 is 11.7 Å². The van der Waals surface area contributed by atoms with Crippen molar-refractivity contribution in [1.82, 2.24) is 5.32 Å². The molecule has 1 fully saturated rings. The number of carbonyl (C=O) groups excluding carboxylic acids is 1. The molecule has 2 aromatic carbocycles. The second-order valence-corrected chi connectivity index (χ2v) is 6.90. The van der Waals surface area contributed by atoms with Crippen LogP contribution in [0.5, 0.6) is 0 Å². The molecular formula is C21H24F2N2O2. The molecular weight excluding hydrogens is 350 g/mol. The maximum absolute atomic E-state index is 13.6. The van der Waals surface area contributed by atoms with E-state index in [0.29, 0.717) is 0 Å². The van der Waals surface area contributed by atoms with Crippen LogP contribution in [0, 0.1) is 18.6 Å². The molecule has 2 aromatic rings. The van der Waals surface area contributed by atoms with E-state index in [1.165, 1.54) is 18.2 Å². The summed E-state index contributed by atoms with van der Waals surface area (Å²) in [5, 5.41) is 5.84. The van der Waals surface area contributed by atoms with Gasteiger partial charge >= 0.3 is 6.03 Å². The van der Waals surface area contributed by atoms with E-state index in [1.54, 1.807) is 0 Å². The van der Waals surface area contributed by atoms with Crippen LogP contribution in [0.15, 0.2) is 42.5 Å². The Balaban J connectivity index is 1.42. The number of amides is 2. The first kappa shape index (κ1) is 19.3. The zero-order chi connectivity index (χ0) is 19.2. The molecule has 0 atom stereocenters. The molecule has 2 amide bonds. The van der Waals surface area contributed by atoms with Crippen LogP contribution in [0.3, 0.4) is 0 Å². The van der Waals surface area contributed by atoms with Crippen LogP contribution in [0.2, 0.25) is 0 Å². The number of aryl methyl sites for hydroxylation is 1. The number of urea groups is 1. The number of halogens is 2. The first-order valence-electron chi connectivity index (χ1n) is 9.20. The highest BCUT2D eigenvalue weighted by molar-refractivity contribution is 5.90. The van der Waals surface area contributed by atoms with Crippen LogP contribution < -0.4 is 10.6 Å². The molecule has 27 heavy (non-hydrogen) atoms. The molecule has 1 saturated carbocycles. The summed E-state index contributed by atoms with van der Waals surface area (Å²) in [5.41, 5.74) is 1.76. The molecule has 0 aromatic heterocycles. The number of para-hydroxylation sites is 1. The summed E-state index contributed by atoms with van der Waals surface area (Å²) in [7, 11) is 0. The largest absolute Gasteiger partial charge is 0.373 e. The van der Waals surface area contributed by atoms with Crippen molar-refractivity contribution in [3.8, 4) is 0 Å². The Morgan fingerprint density at radius 3 is 2.37 bits per heavy atom. The molecule has 0 unspecified atom stereocenters. The maximum atomic E-state index is 13.6. The average molecular weight is 374 g/mol. The van der Waals surface area contributed by atoms with Crippen molar-refractivity contribution in [2.45, 2.75) is 51.4 Å². The van der Waals surface area contributed by atoms with E-state index in [2.05, 4.69) is 10.6 Å². The van der Waals surface area contributed by atoms with Crippen LogP contribution >= 0.6 is 0 Å². The number of ether oxygens (including phenoxy) is 1. The second-order valence-electron chi connectivity index (χ2n) is 6.90. The Morgan fingerprint density at radius 2 is 1.70 bits per heavy atom. The van der Waals surface area contributed by atoms with Crippen molar-refractivity contribution in [2.75, 3.05) is 5.32 Å². The number of hydrogen-bond acceptors (Lipinski definition) is 2. The van der Waals surface area contributed by atoms with Crippen molar-refractivity contribution < 1.29 is 18.3 Å². The molecule has 1 aliphatic carbocycles. The van der Waals surface area contributed by atoms with Gasteiger partial charge in [0.05, 0.1) is 12.7 Å². The van der Waals surface area contributed by atoms with Crippen LogP contribution in [0.1, 0.15) is 36.8 Å². The number of benzene rings is 2. The van der Waals surface area contributed by atoms with Gasteiger partial charge in [-0.05, 0) is 56.4 Å². The molecule has 0 radical (unpaired) electrons. The summed E-state index contributed by atoms with van der Waals surface area (Å²) in [5.74, 6) is -1.17. The lowest BCUT2D eigenvalue weighted by molar-refractivity contribution is 0.00964. The Hall–Kier alpha value is -2.47. The number of carbonyl (C=O) groups is 1. The lowest BCUT2D eigenvalue weighted by Crippen LogP contribution is -2.41. The predicted molar refractivity (Wildman–Crippen MR) is 101 cm³/mol. The fourth-order valence-corrected chi connectivity index (χ4v) is 3.30. The van der Waals surface area contributed by atoms with Gasteiger partial charge in [-0.3, -0.25) is 0 Å². The van der Waals surface area contributed by atoms with Crippen molar-refractivity contribution in [3.05, 3.63) is 65.2 Å². The van der Waals surface area contributed by atoms with Crippen molar-refractivity contribution in [3.63, 3.8) is 0 Å². The topological polar surface area (TPSA) is 50.4 Å². The SMILES string of the molecule is Cc1ccccc1NC(=O)NC1CCC(OCc2c(F)cccc2F)CC1. The smallest absolute Gasteiger partial charge is 0.319 e. The zero-order valence-electron chi connectivity index (χ0n) is 15.3. The number of anilines is 1. The summed E-state index contributed by atoms with van der Waals surface area (Å²) in [6.45, 7) is 1.87. The van der Waals surface area contributed by atoms with E-state index >= 15 is 0 Å². The second kappa shape index (κ2) is 8.95. The van der Waals surface area contributed by atoms with Crippen molar-refractivity contribution in [1.29, 1.82) is 0 Å².